The molecular weight excluding hydrogens is 483 g/mol. The number of hydrogen-bond donors (Lipinski definition) is 2. The van der Waals surface area contributed by atoms with Crippen molar-refractivity contribution in [1.82, 2.24) is 15.6 Å². The number of aromatic nitrogens is 1. The Hall–Kier alpha value is -1.13. The van der Waals surface area contributed by atoms with Crippen LogP contribution in [0.1, 0.15) is 37.7 Å². The summed E-state index contributed by atoms with van der Waals surface area (Å²) in [5, 5.41) is 6.63. The second kappa shape index (κ2) is 14.0. The van der Waals surface area contributed by atoms with Crippen molar-refractivity contribution in [3.63, 3.8) is 0 Å². The summed E-state index contributed by atoms with van der Waals surface area (Å²) in [5.74, 6) is 2.90. The number of guanidine groups is 1. The van der Waals surface area contributed by atoms with Crippen LogP contribution in [-0.2, 0) is 16.0 Å². The molecule has 7 nitrogen and oxygen atoms in total. The molecule has 0 radical (unpaired) electrons. The molecule has 29 heavy (non-hydrogen) atoms. The van der Waals surface area contributed by atoms with E-state index in [9.17, 15) is 0 Å². The van der Waals surface area contributed by atoms with E-state index >= 15 is 0 Å². The minimum atomic E-state index is 0. The Morgan fingerprint density at radius 2 is 1.93 bits per heavy atom. The van der Waals surface area contributed by atoms with Crippen molar-refractivity contribution >= 4 is 29.9 Å². The summed E-state index contributed by atoms with van der Waals surface area (Å²) in [7, 11) is 1.78. The highest BCUT2D eigenvalue weighted by Gasteiger charge is 2.22. The van der Waals surface area contributed by atoms with E-state index in [-0.39, 0.29) is 24.0 Å². The van der Waals surface area contributed by atoms with Gasteiger partial charge in [0.1, 0.15) is 0 Å². The van der Waals surface area contributed by atoms with Crippen LogP contribution in [0.4, 0.5) is 0 Å². The summed E-state index contributed by atoms with van der Waals surface area (Å²) in [4.78, 5) is 8.63. The number of rotatable bonds is 11. The normalized spacial score (nSPS) is 17.5. The van der Waals surface area contributed by atoms with E-state index in [0.717, 1.165) is 76.3 Å². The van der Waals surface area contributed by atoms with Gasteiger partial charge in [0.05, 0.1) is 6.61 Å². The fourth-order valence-electron chi connectivity index (χ4n) is 3.04. The third kappa shape index (κ3) is 9.95. The molecule has 0 bridgehead atoms. The lowest BCUT2D eigenvalue weighted by atomic mass is 10.0. The van der Waals surface area contributed by atoms with Crippen LogP contribution in [0.2, 0.25) is 0 Å². The zero-order chi connectivity index (χ0) is 19.4. The van der Waals surface area contributed by atoms with Crippen molar-refractivity contribution in [3.8, 4) is 5.88 Å². The molecule has 2 fully saturated rings. The first-order chi connectivity index (χ1) is 13.8. The first kappa shape index (κ1) is 24.1. The Morgan fingerprint density at radius 3 is 2.62 bits per heavy atom. The minimum absolute atomic E-state index is 0. The highest BCUT2D eigenvalue weighted by atomic mass is 127. The molecule has 164 valence electrons. The Balaban J connectivity index is 0.00000300. The molecule has 8 heteroatoms. The molecule has 1 aromatic rings. The average Bonchev–Trinajstić information content (AvgIpc) is 3.57. The first-order valence-electron chi connectivity index (χ1n) is 10.5. The van der Waals surface area contributed by atoms with Gasteiger partial charge in [0.25, 0.3) is 0 Å². The summed E-state index contributed by atoms with van der Waals surface area (Å²) in [6.07, 6.45) is 7.63. The molecule has 1 aromatic heterocycles. The highest BCUT2D eigenvalue weighted by Crippen LogP contribution is 2.29. The van der Waals surface area contributed by atoms with Gasteiger partial charge in [-0.25, -0.2) is 4.98 Å². The van der Waals surface area contributed by atoms with Crippen molar-refractivity contribution in [2.45, 2.75) is 38.6 Å². The van der Waals surface area contributed by atoms with E-state index in [2.05, 4.69) is 20.6 Å². The molecular formula is C21H35IN4O3. The number of aliphatic imine (C=N–C) groups is 1. The van der Waals surface area contributed by atoms with Gasteiger partial charge in [0, 0.05) is 58.8 Å². The first-order valence-corrected chi connectivity index (χ1v) is 10.5. The number of hydrogen-bond acceptors (Lipinski definition) is 5. The number of ether oxygens (including phenoxy) is 3. The summed E-state index contributed by atoms with van der Waals surface area (Å²) in [6, 6.07) is 3.98. The standard InChI is InChI=1S/C21H34N4O3.HI/c1-22-21(23-9-2-10-27-15-18-7-11-26-12-8-18)25-14-19-5-6-20(24-13-19)28-16-17-3-4-17;/h5-6,13,17-18H,2-4,7-12,14-16H2,1H3,(H2,22,23,25);1H. The van der Waals surface area contributed by atoms with E-state index in [1.165, 1.54) is 12.8 Å². The van der Waals surface area contributed by atoms with Gasteiger partial charge in [0.2, 0.25) is 5.88 Å². The summed E-state index contributed by atoms with van der Waals surface area (Å²) in [5.41, 5.74) is 1.10. The lowest BCUT2D eigenvalue weighted by molar-refractivity contribution is 0.0203. The number of nitrogens with one attached hydrogen (secondary N) is 2. The zero-order valence-electron chi connectivity index (χ0n) is 17.4. The van der Waals surface area contributed by atoms with Gasteiger partial charge in [-0.15, -0.1) is 24.0 Å². The molecule has 0 aromatic carbocycles. The van der Waals surface area contributed by atoms with E-state index in [0.29, 0.717) is 18.3 Å². The number of pyridine rings is 1. The maximum absolute atomic E-state index is 5.79. The fraction of sp³-hybridized carbons (Fsp3) is 0.714. The second-order valence-electron chi connectivity index (χ2n) is 7.60. The van der Waals surface area contributed by atoms with Gasteiger partial charge in [0.15, 0.2) is 5.96 Å². The third-order valence-corrected chi connectivity index (χ3v) is 5.10. The van der Waals surface area contributed by atoms with Crippen LogP contribution in [0.5, 0.6) is 5.88 Å². The smallest absolute Gasteiger partial charge is 0.213 e. The van der Waals surface area contributed by atoms with Crippen molar-refractivity contribution in [2.24, 2.45) is 16.8 Å². The monoisotopic (exact) mass is 518 g/mol. The van der Waals surface area contributed by atoms with Crippen molar-refractivity contribution < 1.29 is 14.2 Å². The second-order valence-corrected chi connectivity index (χ2v) is 7.60. The van der Waals surface area contributed by atoms with Gasteiger partial charge in [-0.05, 0) is 49.5 Å². The van der Waals surface area contributed by atoms with Gasteiger partial charge in [-0.1, -0.05) is 6.07 Å². The molecule has 2 aliphatic rings. The predicted octanol–water partition coefficient (Wildman–Crippen LogP) is 2.99. The van der Waals surface area contributed by atoms with Crippen molar-refractivity contribution in [1.29, 1.82) is 0 Å². The SMILES string of the molecule is CN=C(NCCCOCC1CCOCC1)NCc1ccc(OCC2CC2)nc1.I. The van der Waals surface area contributed by atoms with Crippen LogP contribution in [0, 0.1) is 11.8 Å². The number of halogens is 1. The highest BCUT2D eigenvalue weighted by molar-refractivity contribution is 14.0. The van der Waals surface area contributed by atoms with Crippen molar-refractivity contribution in [2.75, 3.05) is 46.6 Å². The summed E-state index contributed by atoms with van der Waals surface area (Å²) < 4.78 is 16.8. The van der Waals surface area contributed by atoms with Crippen LogP contribution in [0.3, 0.4) is 0 Å². The van der Waals surface area contributed by atoms with Crippen LogP contribution < -0.4 is 15.4 Å². The van der Waals surface area contributed by atoms with Gasteiger partial charge in [-0.2, -0.15) is 0 Å². The fourth-order valence-corrected chi connectivity index (χ4v) is 3.04. The zero-order valence-corrected chi connectivity index (χ0v) is 19.7. The van der Waals surface area contributed by atoms with Gasteiger partial charge < -0.3 is 24.8 Å². The lowest BCUT2D eigenvalue weighted by Crippen LogP contribution is -2.37. The molecule has 1 saturated heterocycles. The van der Waals surface area contributed by atoms with Crippen molar-refractivity contribution in [3.05, 3.63) is 23.9 Å². The van der Waals surface area contributed by atoms with E-state index in [4.69, 9.17) is 14.2 Å². The van der Waals surface area contributed by atoms with E-state index in [1.807, 2.05) is 18.3 Å². The average molecular weight is 518 g/mol. The van der Waals surface area contributed by atoms with E-state index in [1.54, 1.807) is 7.05 Å². The summed E-state index contributed by atoms with van der Waals surface area (Å²) >= 11 is 0. The Labute approximate surface area is 191 Å². The van der Waals surface area contributed by atoms with Gasteiger partial charge >= 0.3 is 0 Å². The van der Waals surface area contributed by atoms with Crippen LogP contribution in [0.15, 0.2) is 23.3 Å². The Kier molecular flexibility index (Phi) is 11.6. The topological polar surface area (TPSA) is 77.0 Å². The molecule has 1 aliphatic heterocycles. The molecule has 1 aliphatic carbocycles. The molecule has 2 N–H and O–H groups in total. The predicted molar refractivity (Wildman–Crippen MR) is 125 cm³/mol. The maximum Gasteiger partial charge on any atom is 0.213 e. The number of nitrogens with zero attached hydrogens (tertiary/aromatic N) is 2. The van der Waals surface area contributed by atoms with Crippen LogP contribution in [0.25, 0.3) is 0 Å². The molecule has 1 saturated carbocycles. The Morgan fingerprint density at radius 1 is 1.14 bits per heavy atom. The maximum atomic E-state index is 5.79. The molecule has 2 heterocycles. The summed E-state index contributed by atoms with van der Waals surface area (Å²) in [6.45, 7) is 5.68. The largest absolute Gasteiger partial charge is 0.477 e. The molecule has 0 amide bonds. The lowest BCUT2D eigenvalue weighted by Gasteiger charge is -2.21. The Bertz CT molecular complexity index is 590. The molecule has 0 spiro atoms. The third-order valence-electron chi connectivity index (χ3n) is 5.10. The molecule has 0 atom stereocenters. The quantitative estimate of drug-likeness (QED) is 0.203. The van der Waals surface area contributed by atoms with Crippen LogP contribution in [-0.4, -0.2) is 57.6 Å². The molecule has 3 rings (SSSR count). The van der Waals surface area contributed by atoms with E-state index < -0.39 is 0 Å². The van der Waals surface area contributed by atoms with Crippen LogP contribution >= 0.6 is 24.0 Å². The van der Waals surface area contributed by atoms with Gasteiger partial charge in [-0.3, -0.25) is 4.99 Å². The molecule has 0 unspecified atom stereocenters. The minimum Gasteiger partial charge on any atom is -0.477 e.